The van der Waals surface area contributed by atoms with Gasteiger partial charge in [-0.3, -0.25) is 0 Å². The van der Waals surface area contributed by atoms with Gasteiger partial charge in [0.1, 0.15) is 17.3 Å². The Kier molecular flexibility index (Phi) is 4.71. The van der Waals surface area contributed by atoms with Crippen molar-refractivity contribution in [2.75, 3.05) is 26.2 Å². The second-order valence-electron chi connectivity index (χ2n) is 5.75. The van der Waals surface area contributed by atoms with Crippen LogP contribution in [0.1, 0.15) is 11.1 Å². The van der Waals surface area contributed by atoms with Crippen LogP contribution in [-0.4, -0.2) is 41.2 Å². The Morgan fingerprint density at radius 3 is 2.45 bits per heavy atom. The minimum absolute atomic E-state index is 0.271. The molecule has 0 amide bonds. The highest BCUT2D eigenvalue weighted by Crippen LogP contribution is 2.14. The third kappa shape index (κ3) is 3.64. The van der Waals surface area contributed by atoms with E-state index in [2.05, 4.69) is 35.2 Å². The van der Waals surface area contributed by atoms with Gasteiger partial charge in [0.25, 0.3) is 0 Å². The Bertz CT molecular complexity index is 637. The SMILES string of the molecule is Oc1cccc(C(=S)N2CC[NH+](Cc3ccccc3)CC2)c1. The number of rotatable bonds is 3. The van der Waals surface area contributed by atoms with E-state index in [-0.39, 0.29) is 5.75 Å². The van der Waals surface area contributed by atoms with E-state index in [9.17, 15) is 5.11 Å². The van der Waals surface area contributed by atoms with Crippen molar-refractivity contribution in [3.8, 4) is 5.75 Å². The van der Waals surface area contributed by atoms with E-state index in [0.717, 1.165) is 43.3 Å². The van der Waals surface area contributed by atoms with Crippen LogP contribution in [0.4, 0.5) is 0 Å². The molecule has 0 saturated carbocycles. The fraction of sp³-hybridized carbons (Fsp3) is 0.278. The van der Waals surface area contributed by atoms with Crippen molar-refractivity contribution in [3.63, 3.8) is 0 Å². The highest BCUT2D eigenvalue weighted by atomic mass is 32.1. The average Bonchev–Trinajstić information content (AvgIpc) is 2.56. The van der Waals surface area contributed by atoms with Gasteiger partial charge in [0, 0.05) is 11.1 Å². The molecule has 114 valence electrons. The molecule has 0 aromatic heterocycles. The summed E-state index contributed by atoms with van der Waals surface area (Å²) < 4.78 is 0. The lowest BCUT2D eigenvalue weighted by molar-refractivity contribution is -0.917. The fourth-order valence-corrected chi connectivity index (χ4v) is 3.22. The second kappa shape index (κ2) is 6.90. The van der Waals surface area contributed by atoms with Crippen LogP contribution in [0.2, 0.25) is 0 Å². The molecule has 0 radical (unpaired) electrons. The minimum Gasteiger partial charge on any atom is -0.508 e. The van der Waals surface area contributed by atoms with Crippen molar-refractivity contribution in [2.24, 2.45) is 0 Å². The van der Waals surface area contributed by atoms with Crippen molar-refractivity contribution in [1.29, 1.82) is 0 Å². The first-order valence-corrected chi connectivity index (χ1v) is 8.09. The Morgan fingerprint density at radius 1 is 1.05 bits per heavy atom. The van der Waals surface area contributed by atoms with Crippen molar-refractivity contribution in [1.82, 2.24) is 4.90 Å². The molecule has 1 aliphatic rings. The number of phenolic OH excluding ortho intramolecular Hbond substituents is 1. The topological polar surface area (TPSA) is 27.9 Å². The number of nitrogens with zero attached hydrogens (tertiary/aromatic N) is 1. The highest BCUT2D eigenvalue weighted by Gasteiger charge is 2.22. The van der Waals surface area contributed by atoms with Crippen LogP contribution in [0.25, 0.3) is 0 Å². The summed E-state index contributed by atoms with van der Waals surface area (Å²) >= 11 is 5.57. The molecule has 1 heterocycles. The van der Waals surface area contributed by atoms with Gasteiger partial charge in [0.15, 0.2) is 0 Å². The Hall–Kier alpha value is -1.91. The maximum atomic E-state index is 9.58. The molecule has 2 aromatic carbocycles. The third-order valence-corrected chi connectivity index (χ3v) is 4.64. The summed E-state index contributed by atoms with van der Waals surface area (Å²) in [6.45, 7) is 5.20. The first kappa shape index (κ1) is 15.0. The summed E-state index contributed by atoms with van der Waals surface area (Å²) in [6.07, 6.45) is 0. The van der Waals surface area contributed by atoms with Gasteiger partial charge in [-0.1, -0.05) is 54.7 Å². The summed E-state index contributed by atoms with van der Waals surface area (Å²) in [6, 6.07) is 17.9. The smallest absolute Gasteiger partial charge is 0.116 e. The maximum Gasteiger partial charge on any atom is 0.116 e. The summed E-state index contributed by atoms with van der Waals surface area (Å²) in [5.74, 6) is 0.271. The first-order valence-electron chi connectivity index (χ1n) is 7.68. The van der Waals surface area contributed by atoms with Crippen molar-refractivity contribution < 1.29 is 10.0 Å². The van der Waals surface area contributed by atoms with Crippen LogP contribution >= 0.6 is 12.2 Å². The molecule has 22 heavy (non-hydrogen) atoms. The average molecular weight is 313 g/mol. The zero-order valence-electron chi connectivity index (χ0n) is 12.5. The van der Waals surface area contributed by atoms with Crippen LogP contribution in [0.5, 0.6) is 5.75 Å². The lowest BCUT2D eigenvalue weighted by Gasteiger charge is -2.34. The van der Waals surface area contributed by atoms with Gasteiger partial charge in [0.2, 0.25) is 0 Å². The van der Waals surface area contributed by atoms with Gasteiger partial charge in [-0.2, -0.15) is 0 Å². The van der Waals surface area contributed by atoms with E-state index in [1.165, 1.54) is 5.56 Å². The molecule has 0 atom stereocenters. The second-order valence-corrected chi connectivity index (χ2v) is 6.14. The van der Waals surface area contributed by atoms with E-state index in [0.29, 0.717) is 0 Å². The van der Waals surface area contributed by atoms with Crippen molar-refractivity contribution in [2.45, 2.75) is 6.54 Å². The number of thiocarbonyl (C=S) groups is 1. The van der Waals surface area contributed by atoms with Crippen LogP contribution in [-0.2, 0) is 6.54 Å². The van der Waals surface area contributed by atoms with Crippen LogP contribution in [0.3, 0.4) is 0 Å². The van der Waals surface area contributed by atoms with Gasteiger partial charge in [-0.25, -0.2) is 0 Å². The molecular formula is C18H21N2OS+. The van der Waals surface area contributed by atoms with Crippen LogP contribution in [0, 0.1) is 0 Å². The van der Waals surface area contributed by atoms with E-state index in [4.69, 9.17) is 12.2 Å². The monoisotopic (exact) mass is 313 g/mol. The molecule has 0 aliphatic carbocycles. The van der Waals surface area contributed by atoms with E-state index < -0.39 is 0 Å². The first-order chi connectivity index (χ1) is 10.7. The molecule has 0 unspecified atom stereocenters. The molecule has 2 aromatic rings. The zero-order chi connectivity index (χ0) is 15.4. The van der Waals surface area contributed by atoms with Gasteiger partial charge in [-0.05, 0) is 12.1 Å². The molecule has 0 bridgehead atoms. The molecular weight excluding hydrogens is 292 g/mol. The van der Waals surface area contributed by atoms with Gasteiger partial charge >= 0.3 is 0 Å². The fourth-order valence-electron chi connectivity index (χ4n) is 2.91. The molecule has 4 heteroatoms. The lowest BCUT2D eigenvalue weighted by Crippen LogP contribution is -3.13. The number of hydrogen-bond donors (Lipinski definition) is 2. The predicted molar refractivity (Wildman–Crippen MR) is 92.2 cm³/mol. The van der Waals surface area contributed by atoms with Crippen molar-refractivity contribution >= 4 is 17.2 Å². The van der Waals surface area contributed by atoms with Crippen molar-refractivity contribution in [3.05, 3.63) is 65.7 Å². The quantitative estimate of drug-likeness (QED) is 0.841. The van der Waals surface area contributed by atoms with Gasteiger partial charge in [-0.15, -0.1) is 0 Å². The molecule has 2 N–H and O–H groups in total. The predicted octanol–water partition coefficient (Wildman–Crippen LogP) is 1.47. The number of phenols is 1. The van der Waals surface area contributed by atoms with Gasteiger partial charge < -0.3 is 14.9 Å². The largest absolute Gasteiger partial charge is 0.508 e. The Morgan fingerprint density at radius 2 is 1.77 bits per heavy atom. The van der Waals surface area contributed by atoms with Crippen LogP contribution in [0.15, 0.2) is 54.6 Å². The summed E-state index contributed by atoms with van der Waals surface area (Å²) in [4.78, 5) is 4.69. The molecule has 1 saturated heterocycles. The molecule has 3 nitrogen and oxygen atoms in total. The summed E-state index contributed by atoms with van der Waals surface area (Å²) in [7, 11) is 0. The number of hydrogen-bond acceptors (Lipinski definition) is 2. The number of piperazine rings is 1. The number of benzene rings is 2. The number of nitrogens with one attached hydrogen (secondary N) is 1. The van der Waals surface area contributed by atoms with Crippen LogP contribution < -0.4 is 4.90 Å². The van der Waals surface area contributed by atoms with Gasteiger partial charge in [0.05, 0.1) is 26.2 Å². The standard InChI is InChI=1S/C18H20N2OS/c21-17-8-4-7-16(13-17)18(22)20-11-9-19(10-12-20)14-15-5-2-1-3-6-15/h1-8,13,21H,9-12,14H2/p+1. The summed E-state index contributed by atoms with van der Waals surface area (Å²) in [5, 5.41) is 9.58. The van der Waals surface area contributed by atoms with E-state index in [1.54, 1.807) is 17.0 Å². The Balaban J connectivity index is 1.56. The van der Waals surface area contributed by atoms with E-state index in [1.807, 2.05) is 12.1 Å². The minimum atomic E-state index is 0.271. The zero-order valence-corrected chi connectivity index (χ0v) is 13.4. The molecule has 1 aliphatic heterocycles. The normalized spacial score (nSPS) is 15.7. The molecule has 3 rings (SSSR count). The lowest BCUT2D eigenvalue weighted by atomic mass is 10.1. The van der Waals surface area contributed by atoms with E-state index >= 15 is 0 Å². The molecule has 1 fully saturated rings. The molecule has 0 spiro atoms. The maximum absolute atomic E-state index is 9.58. The Labute approximate surface area is 136 Å². The third-order valence-electron chi connectivity index (χ3n) is 4.15. The highest BCUT2D eigenvalue weighted by molar-refractivity contribution is 7.80. The summed E-state index contributed by atoms with van der Waals surface area (Å²) in [5.41, 5.74) is 2.32. The number of quaternary nitrogens is 1. The number of aromatic hydroxyl groups is 1.